The Balaban J connectivity index is 2.23. The molecule has 5 nitrogen and oxygen atoms in total. The second-order valence-electron chi connectivity index (χ2n) is 3.90. The van der Waals surface area contributed by atoms with Crippen molar-refractivity contribution in [3.05, 3.63) is 24.0 Å². The molecule has 1 atom stereocenters. The molecule has 3 N–H and O–H groups in total. The van der Waals surface area contributed by atoms with Crippen molar-refractivity contribution in [2.24, 2.45) is 5.92 Å². The highest BCUT2D eigenvalue weighted by Gasteiger charge is 2.12. The smallest absolute Gasteiger partial charge is 0.303 e. The first-order valence-corrected chi connectivity index (χ1v) is 5.18. The van der Waals surface area contributed by atoms with E-state index in [9.17, 15) is 9.59 Å². The van der Waals surface area contributed by atoms with E-state index in [2.05, 4.69) is 10.3 Å². The largest absolute Gasteiger partial charge is 0.481 e. The number of aromatic amines is 1. The van der Waals surface area contributed by atoms with Gasteiger partial charge >= 0.3 is 5.97 Å². The molecule has 0 saturated carbocycles. The number of aromatic nitrogens is 1. The number of aliphatic carboxylic acids is 1. The number of amides is 1. The SMILES string of the molecule is CC(CC(=O)O)CC(=O)NCc1cc[nH]c1. The van der Waals surface area contributed by atoms with Gasteiger partial charge in [-0.1, -0.05) is 6.92 Å². The van der Waals surface area contributed by atoms with Gasteiger partial charge < -0.3 is 15.4 Å². The zero-order valence-corrected chi connectivity index (χ0v) is 9.19. The maximum Gasteiger partial charge on any atom is 0.303 e. The van der Waals surface area contributed by atoms with Gasteiger partial charge in [-0.25, -0.2) is 0 Å². The lowest BCUT2D eigenvalue weighted by Gasteiger charge is -2.08. The van der Waals surface area contributed by atoms with Gasteiger partial charge in [-0.15, -0.1) is 0 Å². The minimum absolute atomic E-state index is 0.0254. The molecule has 88 valence electrons. The zero-order chi connectivity index (χ0) is 12.0. The van der Waals surface area contributed by atoms with E-state index in [1.165, 1.54) is 0 Å². The first kappa shape index (κ1) is 12.3. The van der Waals surface area contributed by atoms with Crippen LogP contribution in [0.15, 0.2) is 18.5 Å². The first-order chi connectivity index (χ1) is 7.58. The predicted molar refractivity (Wildman–Crippen MR) is 58.7 cm³/mol. The van der Waals surface area contributed by atoms with Crippen LogP contribution in [0.3, 0.4) is 0 Å². The summed E-state index contributed by atoms with van der Waals surface area (Å²) in [7, 11) is 0. The summed E-state index contributed by atoms with van der Waals surface area (Å²) in [5.74, 6) is -1.12. The summed E-state index contributed by atoms with van der Waals surface area (Å²) in [4.78, 5) is 24.7. The molecule has 0 aliphatic rings. The van der Waals surface area contributed by atoms with E-state index in [-0.39, 0.29) is 24.7 Å². The molecule has 1 aromatic heterocycles. The van der Waals surface area contributed by atoms with Crippen LogP contribution in [0, 0.1) is 5.92 Å². The highest BCUT2D eigenvalue weighted by Crippen LogP contribution is 2.07. The Morgan fingerprint density at radius 3 is 2.81 bits per heavy atom. The summed E-state index contributed by atoms with van der Waals surface area (Å²) < 4.78 is 0. The van der Waals surface area contributed by atoms with Gasteiger partial charge in [0.25, 0.3) is 0 Å². The summed E-state index contributed by atoms with van der Waals surface area (Å²) in [5.41, 5.74) is 0.999. The molecule has 0 aliphatic carbocycles. The fraction of sp³-hybridized carbons (Fsp3) is 0.455. The van der Waals surface area contributed by atoms with Gasteiger partial charge in [0.2, 0.25) is 5.91 Å². The molecule has 0 radical (unpaired) electrons. The van der Waals surface area contributed by atoms with Crippen molar-refractivity contribution in [1.29, 1.82) is 0 Å². The van der Waals surface area contributed by atoms with Crippen molar-refractivity contribution in [1.82, 2.24) is 10.3 Å². The van der Waals surface area contributed by atoms with E-state index in [1.54, 1.807) is 19.3 Å². The Hall–Kier alpha value is -1.78. The normalized spacial score (nSPS) is 12.1. The van der Waals surface area contributed by atoms with Crippen molar-refractivity contribution >= 4 is 11.9 Å². The van der Waals surface area contributed by atoms with Crippen LogP contribution in [0.25, 0.3) is 0 Å². The van der Waals surface area contributed by atoms with Crippen LogP contribution in [0.2, 0.25) is 0 Å². The Morgan fingerprint density at radius 2 is 2.25 bits per heavy atom. The van der Waals surface area contributed by atoms with Gasteiger partial charge in [0.1, 0.15) is 0 Å². The molecule has 0 fully saturated rings. The van der Waals surface area contributed by atoms with E-state index in [4.69, 9.17) is 5.11 Å². The van der Waals surface area contributed by atoms with Crippen LogP contribution in [0.1, 0.15) is 25.3 Å². The number of rotatable bonds is 6. The fourth-order valence-corrected chi connectivity index (χ4v) is 1.43. The Labute approximate surface area is 93.9 Å². The number of carboxylic acid groups (broad SMARTS) is 1. The number of H-pyrrole nitrogens is 1. The minimum atomic E-state index is -0.870. The molecule has 5 heteroatoms. The van der Waals surface area contributed by atoms with E-state index in [0.717, 1.165) is 5.56 Å². The lowest BCUT2D eigenvalue weighted by molar-refractivity contribution is -0.138. The Bertz CT molecular complexity index is 346. The third-order valence-electron chi connectivity index (χ3n) is 2.21. The molecule has 0 bridgehead atoms. The van der Waals surface area contributed by atoms with Crippen LogP contribution in [0.4, 0.5) is 0 Å². The second-order valence-corrected chi connectivity index (χ2v) is 3.90. The maximum absolute atomic E-state index is 11.4. The third kappa shape index (κ3) is 4.63. The number of nitrogens with one attached hydrogen (secondary N) is 2. The molecule has 1 heterocycles. The summed E-state index contributed by atoms with van der Waals surface area (Å²) in [6.45, 7) is 2.23. The van der Waals surface area contributed by atoms with Gasteiger partial charge in [-0.05, 0) is 17.5 Å². The van der Waals surface area contributed by atoms with Crippen LogP contribution < -0.4 is 5.32 Å². The number of hydrogen-bond acceptors (Lipinski definition) is 2. The van der Waals surface area contributed by atoms with Crippen molar-refractivity contribution in [2.45, 2.75) is 26.3 Å². The number of carbonyl (C=O) groups excluding carboxylic acids is 1. The molecule has 0 spiro atoms. The molecule has 1 aromatic rings. The summed E-state index contributed by atoms with van der Waals surface area (Å²) in [6, 6.07) is 1.88. The molecule has 1 amide bonds. The Morgan fingerprint density at radius 1 is 1.50 bits per heavy atom. The zero-order valence-electron chi connectivity index (χ0n) is 9.19. The van der Waals surface area contributed by atoms with E-state index in [0.29, 0.717) is 6.54 Å². The second kappa shape index (κ2) is 5.95. The van der Waals surface area contributed by atoms with Crippen molar-refractivity contribution in [3.63, 3.8) is 0 Å². The van der Waals surface area contributed by atoms with Gasteiger partial charge in [0, 0.05) is 31.8 Å². The fourth-order valence-electron chi connectivity index (χ4n) is 1.43. The maximum atomic E-state index is 11.4. The highest BCUT2D eigenvalue weighted by atomic mass is 16.4. The number of hydrogen-bond donors (Lipinski definition) is 3. The minimum Gasteiger partial charge on any atom is -0.481 e. The summed E-state index contributed by atoms with van der Waals surface area (Å²) in [5, 5.41) is 11.3. The van der Waals surface area contributed by atoms with Crippen molar-refractivity contribution in [2.75, 3.05) is 0 Å². The first-order valence-electron chi connectivity index (χ1n) is 5.18. The average molecular weight is 224 g/mol. The predicted octanol–water partition coefficient (Wildman–Crippen LogP) is 1.13. The lowest BCUT2D eigenvalue weighted by atomic mass is 10.0. The average Bonchev–Trinajstić information content (AvgIpc) is 2.65. The summed E-state index contributed by atoms with van der Waals surface area (Å²) in [6.07, 6.45) is 3.86. The quantitative estimate of drug-likeness (QED) is 0.677. The van der Waals surface area contributed by atoms with Gasteiger partial charge in [-0.2, -0.15) is 0 Å². The number of carbonyl (C=O) groups is 2. The highest BCUT2D eigenvalue weighted by molar-refractivity contribution is 5.77. The van der Waals surface area contributed by atoms with Crippen LogP contribution >= 0.6 is 0 Å². The molecule has 0 aliphatic heterocycles. The van der Waals surface area contributed by atoms with E-state index < -0.39 is 5.97 Å². The van der Waals surface area contributed by atoms with Crippen LogP contribution in [0.5, 0.6) is 0 Å². The summed E-state index contributed by atoms with van der Waals surface area (Å²) >= 11 is 0. The lowest BCUT2D eigenvalue weighted by Crippen LogP contribution is -2.24. The topological polar surface area (TPSA) is 82.2 Å². The Kier molecular flexibility index (Phi) is 4.57. The molecule has 16 heavy (non-hydrogen) atoms. The van der Waals surface area contributed by atoms with E-state index in [1.807, 2.05) is 6.07 Å². The van der Waals surface area contributed by atoms with Crippen molar-refractivity contribution < 1.29 is 14.7 Å². The third-order valence-corrected chi connectivity index (χ3v) is 2.21. The van der Waals surface area contributed by atoms with Gasteiger partial charge in [0.05, 0.1) is 0 Å². The molecule has 0 aromatic carbocycles. The molecular formula is C11H16N2O3. The number of carboxylic acids is 1. The van der Waals surface area contributed by atoms with E-state index >= 15 is 0 Å². The van der Waals surface area contributed by atoms with Crippen LogP contribution in [-0.2, 0) is 16.1 Å². The molecule has 1 unspecified atom stereocenters. The van der Waals surface area contributed by atoms with Gasteiger partial charge in [0.15, 0.2) is 0 Å². The molecular weight excluding hydrogens is 208 g/mol. The van der Waals surface area contributed by atoms with Gasteiger partial charge in [-0.3, -0.25) is 9.59 Å². The standard InChI is InChI=1S/C11H16N2O3/c1-8(5-11(15)16)4-10(14)13-7-9-2-3-12-6-9/h2-3,6,8,12H,4-5,7H2,1H3,(H,13,14)(H,15,16). The van der Waals surface area contributed by atoms with Crippen molar-refractivity contribution in [3.8, 4) is 0 Å². The monoisotopic (exact) mass is 224 g/mol. The molecule has 1 rings (SSSR count). The molecule has 0 saturated heterocycles. The van der Waals surface area contributed by atoms with Crippen LogP contribution in [-0.4, -0.2) is 22.0 Å².